The first-order chi connectivity index (χ1) is 10.8. The minimum absolute atomic E-state index is 0.205. The number of hydrogen-bond acceptors (Lipinski definition) is 2. The quantitative estimate of drug-likeness (QED) is 0.382. The van der Waals surface area contributed by atoms with Gasteiger partial charge < -0.3 is 9.31 Å². The van der Waals surface area contributed by atoms with Gasteiger partial charge in [-0.3, -0.25) is 0 Å². The third-order valence-electron chi connectivity index (χ3n) is 3.88. The maximum atomic E-state index is 6.00. The van der Waals surface area contributed by atoms with E-state index in [9.17, 15) is 0 Å². The Hall–Kier alpha value is -0.795. The summed E-state index contributed by atoms with van der Waals surface area (Å²) in [6.45, 7) is 8.14. The van der Waals surface area contributed by atoms with Crippen LogP contribution >= 0.6 is 0 Å². The predicted octanol–water partition coefficient (Wildman–Crippen LogP) is 4.88. The van der Waals surface area contributed by atoms with Gasteiger partial charge in [0.15, 0.2) is 0 Å². The number of rotatable bonds is 13. The largest absolute Gasteiger partial charge is 0.493 e. The second-order valence-electron chi connectivity index (χ2n) is 6.11. The van der Waals surface area contributed by atoms with Gasteiger partial charge in [-0.25, -0.2) is 0 Å². The average Bonchev–Trinajstić information content (AvgIpc) is 2.53. The molecule has 0 aromatic heterocycles. The Balaban J connectivity index is 2.40. The van der Waals surface area contributed by atoms with E-state index in [1.54, 1.807) is 0 Å². The van der Waals surface area contributed by atoms with Gasteiger partial charge in [0.2, 0.25) is 0 Å². The highest BCUT2D eigenvalue weighted by Crippen LogP contribution is 2.04. The molecule has 0 atom stereocenters. The van der Waals surface area contributed by atoms with E-state index in [1.165, 1.54) is 44.1 Å². The molecule has 124 valence electrons. The molecule has 0 aliphatic carbocycles. The summed E-state index contributed by atoms with van der Waals surface area (Å²) >= 11 is 0. The summed E-state index contributed by atoms with van der Waals surface area (Å²) in [4.78, 5) is 0. The minimum Gasteiger partial charge on any atom is -0.407 e. The lowest BCUT2D eigenvalue weighted by Gasteiger charge is -2.15. The molecule has 0 aliphatic heterocycles. The normalized spacial score (nSPS) is 10.9. The van der Waals surface area contributed by atoms with Gasteiger partial charge in [-0.05, 0) is 25.2 Å². The molecule has 0 radical (unpaired) electrons. The van der Waals surface area contributed by atoms with Crippen molar-refractivity contribution in [2.45, 2.75) is 72.1 Å². The van der Waals surface area contributed by atoms with E-state index >= 15 is 0 Å². The van der Waals surface area contributed by atoms with Crippen molar-refractivity contribution >= 4 is 12.6 Å². The Bertz CT molecular complexity index is 350. The molecule has 0 amide bonds. The Morgan fingerprint density at radius 1 is 0.727 bits per heavy atom. The van der Waals surface area contributed by atoms with Crippen molar-refractivity contribution in [1.82, 2.24) is 0 Å². The van der Waals surface area contributed by atoms with Crippen molar-refractivity contribution in [3.63, 3.8) is 0 Å². The van der Waals surface area contributed by atoms with Crippen LogP contribution in [0.5, 0.6) is 0 Å². The molecule has 1 aromatic rings. The second-order valence-corrected chi connectivity index (χ2v) is 6.11. The zero-order chi connectivity index (χ0) is 16.0. The van der Waals surface area contributed by atoms with Crippen LogP contribution in [0.1, 0.15) is 70.8 Å². The summed E-state index contributed by atoms with van der Waals surface area (Å²) in [5.74, 6) is 0. The van der Waals surface area contributed by atoms with E-state index in [0.717, 1.165) is 31.5 Å². The second kappa shape index (κ2) is 12.7. The Morgan fingerprint density at radius 2 is 1.23 bits per heavy atom. The maximum absolute atomic E-state index is 6.00. The Labute approximate surface area is 137 Å². The molecular formula is C19H33BO2. The first-order valence-corrected chi connectivity index (χ1v) is 9.07. The van der Waals surface area contributed by atoms with Gasteiger partial charge in [0.1, 0.15) is 0 Å². The third kappa shape index (κ3) is 8.60. The molecule has 0 heterocycles. The molecule has 0 spiro atoms. The Morgan fingerprint density at radius 3 is 1.68 bits per heavy atom. The van der Waals surface area contributed by atoms with Crippen LogP contribution < -0.4 is 5.46 Å². The van der Waals surface area contributed by atoms with Crippen molar-refractivity contribution in [3.8, 4) is 0 Å². The minimum atomic E-state index is -0.205. The number of unbranched alkanes of at least 4 members (excludes halogenated alkanes) is 6. The fourth-order valence-corrected chi connectivity index (χ4v) is 2.40. The van der Waals surface area contributed by atoms with Crippen LogP contribution in [0.25, 0.3) is 0 Å². The van der Waals surface area contributed by atoms with Gasteiger partial charge in [0.25, 0.3) is 0 Å². The first-order valence-electron chi connectivity index (χ1n) is 9.07. The van der Waals surface area contributed by atoms with E-state index in [0.29, 0.717) is 0 Å². The van der Waals surface area contributed by atoms with Crippen LogP contribution in [0.3, 0.4) is 0 Å². The number of aryl methyl sites for hydroxylation is 1. The Kier molecular flexibility index (Phi) is 11.1. The number of benzene rings is 1. The molecule has 2 nitrogen and oxygen atoms in total. The lowest BCUT2D eigenvalue weighted by atomic mass is 9.78. The molecule has 22 heavy (non-hydrogen) atoms. The first kappa shape index (κ1) is 19.3. The molecule has 0 saturated carbocycles. The molecule has 0 unspecified atom stereocenters. The van der Waals surface area contributed by atoms with Crippen molar-refractivity contribution < 1.29 is 9.31 Å². The van der Waals surface area contributed by atoms with Crippen LogP contribution in [0.4, 0.5) is 0 Å². The zero-order valence-corrected chi connectivity index (χ0v) is 14.8. The summed E-state index contributed by atoms with van der Waals surface area (Å²) < 4.78 is 12.0. The molecule has 1 aromatic carbocycles. The average molecular weight is 304 g/mol. The smallest absolute Gasteiger partial charge is 0.407 e. The van der Waals surface area contributed by atoms with Crippen LogP contribution in [-0.2, 0) is 9.31 Å². The SMILES string of the molecule is CCCCCCOB(OCCCCCC)c1ccc(C)cc1. The summed E-state index contributed by atoms with van der Waals surface area (Å²) in [6, 6.07) is 8.50. The fraction of sp³-hybridized carbons (Fsp3) is 0.684. The van der Waals surface area contributed by atoms with E-state index < -0.39 is 0 Å². The van der Waals surface area contributed by atoms with Gasteiger partial charge in [-0.1, -0.05) is 82.2 Å². The standard InChI is InChI=1S/C19H33BO2/c1-4-6-8-10-16-21-20(22-17-11-9-7-5-2)19-14-12-18(3)13-15-19/h12-15H,4-11,16-17H2,1-3H3. The summed E-state index contributed by atoms with van der Waals surface area (Å²) in [5.41, 5.74) is 2.41. The van der Waals surface area contributed by atoms with E-state index in [2.05, 4.69) is 45.0 Å². The lowest BCUT2D eigenvalue weighted by molar-refractivity contribution is 0.200. The lowest BCUT2D eigenvalue weighted by Crippen LogP contribution is -2.37. The van der Waals surface area contributed by atoms with Crippen molar-refractivity contribution in [3.05, 3.63) is 29.8 Å². The maximum Gasteiger partial charge on any atom is 0.493 e. The topological polar surface area (TPSA) is 18.5 Å². The van der Waals surface area contributed by atoms with Gasteiger partial charge in [0.05, 0.1) is 0 Å². The van der Waals surface area contributed by atoms with Gasteiger partial charge in [-0.2, -0.15) is 0 Å². The molecule has 0 bridgehead atoms. The van der Waals surface area contributed by atoms with Gasteiger partial charge in [0, 0.05) is 13.2 Å². The van der Waals surface area contributed by atoms with Crippen LogP contribution in [0, 0.1) is 6.92 Å². The highest BCUT2D eigenvalue weighted by Gasteiger charge is 2.20. The fourth-order valence-electron chi connectivity index (χ4n) is 2.40. The third-order valence-corrected chi connectivity index (χ3v) is 3.88. The summed E-state index contributed by atoms with van der Waals surface area (Å²) in [6.07, 6.45) is 9.82. The highest BCUT2D eigenvalue weighted by atomic mass is 16.6. The van der Waals surface area contributed by atoms with Crippen molar-refractivity contribution in [2.24, 2.45) is 0 Å². The predicted molar refractivity (Wildman–Crippen MR) is 96.8 cm³/mol. The van der Waals surface area contributed by atoms with Crippen LogP contribution in [-0.4, -0.2) is 20.3 Å². The number of hydrogen-bond donors (Lipinski definition) is 0. The zero-order valence-electron chi connectivity index (χ0n) is 14.8. The molecule has 0 N–H and O–H groups in total. The van der Waals surface area contributed by atoms with Gasteiger partial charge >= 0.3 is 7.12 Å². The molecule has 1 rings (SSSR count). The van der Waals surface area contributed by atoms with Crippen LogP contribution in [0.2, 0.25) is 0 Å². The molecule has 3 heteroatoms. The van der Waals surface area contributed by atoms with Crippen molar-refractivity contribution in [1.29, 1.82) is 0 Å². The van der Waals surface area contributed by atoms with Gasteiger partial charge in [-0.15, -0.1) is 0 Å². The highest BCUT2D eigenvalue weighted by molar-refractivity contribution is 6.61. The monoisotopic (exact) mass is 304 g/mol. The molecule has 0 fully saturated rings. The molecule has 0 saturated heterocycles. The summed E-state index contributed by atoms with van der Waals surface area (Å²) in [7, 11) is -0.205. The van der Waals surface area contributed by atoms with Crippen LogP contribution in [0.15, 0.2) is 24.3 Å². The molecule has 0 aliphatic rings. The molecular weight excluding hydrogens is 271 g/mol. The van der Waals surface area contributed by atoms with E-state index in [1.807, 2.05) is 0 Å². The van der Waals surface area contributed by atoms with Crippen molar-refractivity contribution in [2.75, 3.05) is 13.2 Å². The van der Waals surface area contributed by atoms with E-state index in [-0.39, 0.29) is 7.12 Å². The van der Waals surface area contributed by atoms with E-state index in [4.69, 9.17) is 9.31 Å². The summed E-state index contributed by atoms with van der Waals surface area (Å²) in [5, 5.41) is 0.